The van der Waals surface area contributed by atoms with Crippen molar-refractivity contribution >= 4 is 17.3 Å². The van der Waals surface area contributed by atoms with Gasteiger partial charge in [-0.25, -0.2) is 4.68 Å². The smallest absolute Gasteiger partial charge is 0.258 e. The zero-order valence-corrected chi connectivity index (χ0v) is 15.0. The lowest BCUT2D eigenvalue weighted by molar-refractivity contribution is 0.0993. The molecule has 2 aromatic carbocycles. The van der Waals surface area contributed by atoms with Crippen molar-refractivity contribution in [2.24, 2.45) is 0 Å². The van der Waals surface area contributed by atoms with Gasteiger partial charge >= 0.3 is 0 Å². The molecule has 5 heteroatoms. The maximum atomic E-state index is 13.0. The first-order valence-electron chi connectivity index (χ1n) is 8.14. The van der Waals surface area contributed by atoms with Gasteiger partial charge in [0, 0.05) is 39.1 Å². The lowest BCUT2D eigenvalue weighted by atomic mass is 10.1. The SMILES string of the molecule is Cc1cc(C(=O)N(C)c2ccccc2N(C)C)ccc1-n1cccn1. The second kappa shape index (κ2) is 6.81. The number of para-hydroxylation sites is 2. The van der Waals surface area contributed by atoms with E-state index in [1.807, 2.05) is 80.6 Å². The van der Waals surface area contributed by atoms with Crippen molar-refractivity contribution in [2.45, 2.75) is 6.92 Å². The number of carbonyl (C=O) groups excluding carboxylic acids is 1. The van der Waals surface area contributed by atoms with Gasteiger partial charge in [0.1, 0.15) is 0 Å². The normalized spacial score (nSPS) is 10.6. The van der Waals surface area contributed by atoms with E-state index in [2.05, 4.69) is 5.10 Å². The molecule has 0 radical (unpaired) electrons. The van der Waals surface area contributed by atoms with Crippen molar-refractivity contribution in [3.63, 3.8) is 0 Å². The van der Waals surface area contributed by atoms with Gasteiger partial charge in [0.15, 0.2) is 0 Å². The van der Waals surface area contributed by atoms with Crippen LogP contribution >= 0.6 is 0 Å². The van der Waals surface area contributed by atoms with Gasteiger partial charge in [-0.2, -0.15) is 5.10 Å². The number of nitrogens with zero attached hydrogens (tertiary/aromatic N) is 4. The van der Waals surface area contributed by atoms with Crippen LogP contribution in [0, 0.1) is 6.92 Å². The molecule has 3 aromatic rings. The van der Waals surface area contributed by atoms with E-state index in [-0.39, 0.29) is 5.91 Å². The Labute approximate surface area is 148 Å². The number of hydrogen-bond acceptors (Lipinski definition) is 3. The number of carbonyl (C=O) groups is 1. The average molecular weight is 334 g/mol. The molecule has 0 aliphatic heterocycles. The summed E-state index contributed by atoms with van der Waals surface area (Å²) in [6.45, 7) is 1.99. The topological polar surface area (TPSA) is 41.4 Å². The highest BCUT2D eigenvalue weighted by atomic mass is 16.2. The number of hydrogen-bond donors (Lipinski definition) is 0. The fraction of sp³-hybridized carbons (Fsp3) is 0.200. The third-order valence-electron chi connectivity index (χ3n) is 4.22. The van der Waals surface area contributed by atoms with Gasteiger partial charge in [0.2, 0.25) is 0 Å². The van der Waals surface area contributed by atoms with Crippen LogP contribution in [0.2, 0.25) is 0 Å². The highest BCUT2D eigenvalue weighted by Crippen LogP contribution is 2.28. The monoisotopic (exact) mass is 334 g/mol. The van der Waals surface area contributed by atoms with E-state index < -0.39 is 0 Å². The van der Waals surface area contributed by atoms with Crippen LogP contribution in [0.3, 0.4) is 0 Å². The van der Waals surface area contributed by atoms with Crippen LogP contribution < -0.4 is 9.80 Å². The third kappa shape index (κ3) is 3.26. The molecule has 1 heterocycles. The second-order valence-corrected chi connectivity index (χ2v) is 6.20. The van der Waals surface area contributed by atoms with E-state index in [1.165, 1.54) is 0 Å². The van der Waals surface area contributed by atoms with Crippen molar-refractivity contribution in [2.75, 3.05) is 30.9 Å². The Morgan fingerprint density at radius 1 is 1.00 bits per heavy atom. The molecule has 0 aliphatic carbocycles. The first kappa shape index (κ1) is 16.8. The Balaban J connectivity index is 1.92. The van der Waals surface area contributed by atoms with Crippen LogP contribution in [-0.2, 0) is 0 Å². The number of benzene rings is 2. The van der Waals surface area contributed by atoms with Crippen molar-refractivity contribution in [1.82, 2.24) is 9.78 Å². The Bertz CT molecular complexity index is 884. The number of aromatic nitrogens is 2. The van der Waals surface area contributed by atoms with E-state index in [0.717, 1.165) is 22.6 Å². The molecule has 0 N–H and O–H groups in total. The summed E-state index contributed by atoms with van der Waals surface area (Å²) in [5.74, 6) is -0.0376. The van der Waals surface area contributed by atoms with Gasteiger partial charge in [-0.05, 0) is 48.9 Å². The molecule has 0 spiro atoms. The van der Waals surface area contributed by atoms with Crippen LogP contribution in [0.25, 0.3) is 5.69 Å². The van der Waals surface area contributed by atoms with E-state index in [4.69, 9.17) is 0 Å². The van der Waals surface area contributed by atoms with Crippen LogP contribution in [0.5, 0.6) is 0 Å². The fourth-order valence-electron chi connectivity index (χ4n) is 2.89. The second-order valence-electron chi connectivity index (χ2n) is 6.20. The number of rotatable bonds is 4. The summed E-state index contributed by atoms with van der Waals surface area (Å²) in [6.07, 6.45) is 3.63. The molecule has 25 heavy (non-hydrogen) atoms. The van der Waals surface area contributed by atoms with Gasteiger partial charge in [-0.1, -0.05) is 12.1 Å². The molecule has 0 saturated heterocycles. The minimum absolute atomic E-state index is 0.0376. The summed E-state index contributed by atoms with van der Waals surface area (Å²) in [5.41, 5.74) is 4.51. The molecule has 0 bridgehead atoms. The van der Waals surface area contributed by atoms with Crippen LogP contribution in [0.4, 0.5) is 11.4 Å². The van der Waals surface area contributed by atoms with Gasteiger partial charge in [-0.15, -0.1) is 0 Å². The molecule has 3 rings (SSSR count). The zero-order chi connectivity index (χ0) is 18.0. The Kier molecular flexibility index (Phi) is 4.57. The molecule has 5 nitrogen and oxygen atoms in total. The molecular weight excluding hydrogens is 312 g/mol. The van der Waals surface area contributed by atoms with E-state index in [1.54, 1.807) is 22.8 Å². The molecule has 128 valence electrons. The molecule has 0 fully saturated rings. The molecule has 0 atom stereocenters. The van der Waals surface area contributed by atoms with Crippen molar-refractivity contribution in [3.8, 4) is 5.69 Å². The van der Waals surface area contributed by atoms with E-state index >= 15 is 0 Å². The lowest BCUT2D eigenvalue weighted by Gasteiger charge is -2.24. The molecular formula is C20H22N4O. The molecule has 0 saturated carbocycles. The number of amides is 1. The number of anilines is 2. The fourth-order valence-corrected chi connectivity index (χ4v) is 2.89. The van der Waals surface area contributed by atoms with Crippen molar-refractivity contribution in [3.05, 3.63) is 72.1 Å². The maximum absolute atomic E-state index is 13.0. The Hall–Kier alpha value is -3.08. The summed E-state index contributed by atoms with van der Waals surface area (Å²) < 4.78 is 1.80. The summed E-state index contributed by atoms with van der Waals surface area (Å²) in [6, 6.07) is 15.4. The maximum Gasteiger partial charge on any atom is 0.258 e. The van der Waals surface area contributed by atoms with E-state index in [9.17, 15) is 4.79 Å². The summed E-state index contributed by atoms with van der Waals surface area (Å²) >= 11 is 0. The van der Waals surface area contributed by atoms with Crippen molar-refractivity contribution < 1.29 is 4.79 Å². The van der Waals surface area contributed by atoms with Gasteiger partial charge in [0.25, 0.3) is 5.91 Å². The Morgan fingerprint density at radius 3 is 2.32 bits per heavy atom. The van der Waals surface area contributed by atoms with Crippen molar-refractivity contribution in [1.29, 1.82) is 0 Å². The average Bonchev–Trinajstić information content (AvgIpc) is 3.14. The van der Waals surface area contributed by atoms with E-state index in [0.29, 0.717) is 5.56 Å². The molecule has 1 aromatic heterocycles. The molecule has 0 aliphatic rings. The number of aryl methyl sites for hydroxylation is 1. The lowest BCUT2D eigenvalue weighted by Crippen LogP contribution is -2.28. The quantitative estimate of drug-likeness (QED) is 0.733. The standard InChI is InChI=1S/C20H22N4O/c1-15-14-16(10-11-17(15)24-13-7-12-21-24)20(25)23(4)19-9-6-5-8-18(19)22(2)3/h5-14H,1-4H3. The highest BCUT2D eigenvalue weighted by Gasteiger charge is 2.18. The minimum Gasteiger partial charge on any atom is -0.376 e. The van der Waals surface area contributed by atoms with Crippen LogP contribution in [0.15, 0.2) is 60.9 Å². The summed E-state index contributed by atoms with van der Waals surface area (Å²) in [7, 11) is 5.75. The predicted octanol–water partition coefficient (Wildman–Crippen LogP) is 3.52. The minimum atomic E-state index is -0.0376. The van der Waals surface area contributed by atoms with Crippen LogP contribution in [-0.4, -0.2) is 36.8 Å². The largest absolute Gasteiger partial charge is 0.376 e. The van der Waals surface area contributed by atoms with Gasteiger partial charge in [-0.3, -0.25) is 4.79 Å². The van der Waals surface area contributed by atoms with Crippen LogP contribution in [0.1, 0.15) is 15.9 Å². The van der Waals surface area contributed by atoms with Gasteiger partial charge in [0.05, 0.1) is 17.1 Å². The summed E-state index contributed by atoms with van der Waals surface area (Å²) in [5, 5.41) is 4.25. The Morgan fingerprint density at radius 2 is 1.72 bits per heavy atom. The third-order valence-corrected chi connectivity index (χ3v) is 4.22. The predicted molar refractivity (Wildman–Crippen MR) is 102 cm³/mol. The molecule has 1 amide bonds. The zero-order valence-electron chi connectivity index (χ0n) is 15.0. The first-order chi connectivity index (χ1) is 12.0. The van der Waals surface area contributed by atoms with Gasteiger partial charge < -0.3 is 9.80 Å². The molecule has 0 unspecified atom stereocenters. The summed E-state index contributed by atoms with van der Waals surface area (Å²) in [4.78, 5) is 16.7. The highest BCUT2D eigenvalue weighted by molar-refractivity contribution is 6.07. The first-order valence-corrected chi connectivity index (χ1v) is 8.14.